The topological polar surface area (TPSA) is 114 Å². The van der Waals surface area contributed by atoms with Gasteiger partial charge in [0.1, 0.15) is 11.5 Å². The maximum Gasteiger partial charge on any atom is 0.237 e. The van der Waals surface area contributed by atoms with Crippen LogP contribution in [-0.2, 0) is 5.75 Å². The van der Waals surface area contributed by atoms with Gasteiger partial charge in [0.15, 0.2) is 5.82 Å². The minimum atomic E-state index is 0.418. The Balaban J connectivity index is 1.44. The first kappa shape index (κ1) is 18.8. The van der Waals surface area contributed by atoms with E-state index in [1.165, 1.54) is 16.4 Å². The zero-order valence-corrected chi connectivity index (χ0v) is 16.6. The first-order chi connectivity index (χ1) is 14.2. The largest absolute Gasteiger partial charge is 0.497 e. The van der Waals surface area contributed by atoms with Crippen LogP contribution in [-0.4, -0.2) is 39.2 Å². The zero-order chi connectivity index (χ0) is 20.2. The van der Waals surface area contributed by atoms with Crippen LogP contribution in [0.1, 0.15) is 5.89 Å². The number of nitrogens with zero attached hydrogens (tertiary/aromatic N) is 5. The van der Waals surface area contributed by atoms with Gasteiger partial charge < -0.3 is 19.8 Å². The third kappa shape index (κ3) is 4.02. The van der Waals surface area contributed by atoms with Gasteiger partial charge >= 0.3 is 0 Å². The Kier molecular flexibility index (Phi) is 5.34. The molecule has 0 atom stereocenters. The lowest BCUT2D eigenvalue weighted by Gasteiger charge is -2.04. The fourth-order valence-electron chi connectivity index (χ4n) is 2.61. The van der Waals surface area contributed by atoms with E-state index in [9.17, 15) is 0 Å². The molecular weight excluding hydrogens is 392 g/mol. The normalized spacial score (nSPS) is 10.8. The van der Waals surface area contributed by atoms with Crippen LogP contribution in [0.25, 0.3) is 22.8 Å². The van der Waals surface area contributed by atoms with Crippen LogP contribution in [0.5, 0.6) is 11.5 Å². The van der Waals surface area contributed by atoms with Crippen LogP contribution in [0.4, 0.5) is 0 Å². The number of nitrogen functional groups attached to an aromatic ring is 1. The Bertz CT molecular complexity index is 1090. The minimum absolute atomic E-state index is 0.418. The van der Waals surface area contributed by atoms with Crippen molar-refractivity contribution in [3.05, 3.63) is 54.4 Å². The fraction of sp³-hybridized carbons (Fsp3) is 0.158. The molecule has 2 N–H and O–H groups in total. The highest BCUT2D eigenvalue weighted by Gasteiger charge is 2.15. The predicted octanol–water partition coefficient (Wildman–Crippen LogP) is 3.02. The number of hydrogen-bond donors (Lipinski definition) is 1. The van der Waals surface area contributed by atoms with Gasteiger partial charge in [0, 0.05) is 11.1 Å². The number of thioether (sulfide) groups is 1. The maximum atomic E-state index is 6.15. The Hall–Kier alpha value is -3.53. The van der Waals surface area contributed by atoms with Crippen LogP contribution in [0.2, 0.25) is 0 Å². The Morgan fingerprint density at radius 3 is 2.17 bits per heavy atom. The summed E-state index contributed by atoms with van der Waals surface area (Å²) >= 11 is 1.36. The van der Waals surface area contributed by atoms with Crippen molar-refractivity contribution in [2.45, 2.75) is 10.9 Å². The molecule has 4 rings (SSSR count). The van der Waals surface area contributed by atoms with Crippen LogP contribution in [0.15, 0.2) is 58.2 Å². The second-order valence-electron chi connectivity index (χ2n) is 5.93. The molecular formula is C19H18N6O3S. The van der Waals surface area contributed by atoms with Gasteiger partial charge in [0.25, 0.3) is 0 Å². The molecule has 2 heterocycles. The van der Waals surface area contributed by atoms with E-state index in [1.54, 1.807) is 14.2 Å². The molecule has 0 saturated carbocycles. The van der Waals surface area contributed by atoms with Gasteiger partial charge in [-0.15, -0.1) is 10.2 Å². The number of methoxy groups -OCH3 is 2. The molecule has 0 aliphatic rings. The number of aromatic nitrogens is 5. The first-order valence-corrected chi connectivity index (χ1v) is 9.61. The lowest BCUT2D eigenvalue weighted by molar-refractivity contribution is 0.391. The van der Waals surface area contributed by atoms with Crippen molar-refractivity contribution in [1.82, 2.24) is 25.0 Å². The fourth-order valence-corrected chi connectivity index (χ4v) is 3.30. The standard InChI is InChI=1S/C19H18N6O3S/c1-26-14-7-3-12(4-8-14)17-21-16(28-24-17)11-29-19-23-22-18(25(19)20)13-5-9-15(27-2)10-6-13/h3-10H,11,20H2,1-2H3. The Morgan fingerprint density at radius 2 is 1.55 bits per heavy atom. The molecule has 29 heavy (non-hydrogen) atoms. The third-order valence-corrected chi connectivity index (χ3v) is 5.08. The Morgan fingerprint density at radius 1 is 0.931 bits per heavy atom. The highest BCUT2D eigenvalue weighted by molar-refractivity contribution is 7.98. The third-order valence-electron chi connectivity index (χ3n) is 4.15. The van der Waals surface area contributed by atoms with E-state index in [-0.39, 0.29) is 0 Å². The molecule has 9 nitrogen and oxygen atoms in total. The van der Waals surface area contributed by atoms with E-state index in [1.807, 2.05) is 48.5 Å². The molecule has 0 spiro atoms. The van der Waals surface area contributed by atoms with Gasteiger partial charge in [-0.2, -0.15) is 4.98 Å². The lowest BCUT2D eigenvalue weighted by Crippen LogP contribution is -2.11. The average Bonchev–Trinajstić information content (AvgIpc) is 3.39. The van der Waals surface area contributed by atoms with Crippen molar-refractivity contribution in [1.29, 1.82) is 0 Å². The van der Waals surface area contributed by atoms with Crippen LogP contribution >= 0.6 is 11.8 Å². The lowest BCUT2D eigenvalue weighted by atomic mass is 10.2. The molecule has 0 aliphatic heterocycles. The SMILES string of the molecule is COc1ccc(-c2noc(CSc3nnc(-c4ccc(OC)cc4)n3N)n2)cc1. The summed E-state index contributed by atoms with van der Waals surface area (Å²) in [7, 11) is 3.24. The summed E-state index contributed by atoms with van der Waals surface area (Å²) in [4.78, 5) is 4.41. The highest BCUT2D eigenvalue weighted by Crippen LogP contribution is 2.26. The second-order valence-corrected chi connectivity index (χ2v) is 6.88. The quantitative estimate of drug-likeness (QED) is 0.363. The maximum absolute atomic E-state index is 6.15. The minimum Gasteiger partial charge on any atom is -0.497 e. The van der Waals surface area contributed by atoms with Crippen molar-refractivity contribution >= 4 is 11.8 Å². The molecule has 0 fully saturated rings. The van der Waals surface area contributed by atoms with Gasteiger partial charge in [-0.1, -0.05) is 16.9 Å². The van der Waals surface area contributed by atoms with E-state index in [4.69, 9.17) is 19.8 Å². The predicted molar refractivity (Wildman–Crippen MR) is 108 cm³/mol. The van der Waals surface area contributed by atoms with E-state index in [0.29, 0.717) is 28.4 Å². The van der Waals surface area contributed by atoms with Gasteiger partial charge in [0.05, 0.1) is 20.0 Å². The van der Waals surface area contributed by atoms with Crippen molar-refractivity contribution < 1.29 is 14.0 Å². The molecule has 0 aliphatic carbocycles. The molecule has 0 amide bonds. The average molecular weight is 410 g/mol. The van der Waals surface area contributed by atoms with Gasteiger partial charge in [-0.05, 0) is 48.5 Å². The monoisotopic (exact) mass is 410 g/mol. The van der Waals surface area contributed by atoms with Crippen LogP contribution < -0.4 is 15.3 Å². The molecule has 2 aromatic carbocycles. The van der Waals surface area contributed by atoms with Gasteiger partial charge in [-0.25, -0.2) is 4.68 Å². The highest BCUT2D eigenvalue weighted by atomic mass is 32.2. The van der Waals surface area contributed by atoms with E-state index < -0.39 is 0 Å². The summed E-state index contributed by atoms with van der Waals surface area (Å²) in [5.41, 5.74) is 1.68. The van der Waals surface area contributed by atoms with E-state index >= 15 is 0 Å². The van der Waals surface area contributed by atoms with Crippen LogP contribution in [0, 0.1) is 0 Å². The molecule has 0 bridgehead atoms. The summed E-state index contributed by atoms with van der Waals surface area (Å²) in [6, 6.07) is 14.9. The number of hydrogen-bond acceptors (Lipinski definition) is 9. The zero-order valence-electron chi connectivity index (χ0n) is 15.8. The summed E-state index contributed by atoms with van der Waals surface area (Å²) in [6.07, 6.45) is 0. The van der Waals surface area contributed by atoms with Crippen molar-refractivity contribution in [3.63, 3.8) is 0 Å². The molecule has 148 valence electrons. The van der Waals surface area contributed by atoms with Gasteiger partial charge in [0.2, 0.25) is 16.9 Å². The van der Waals surface area contributed by atoms with Crippen molar-refractivity contribution in [3.8, 4) is 34.3 Å². The molecule has 2 aromatic heterocycles. The molecule has 10 heteroatoms. The summed E-state index contributed by atoms with van der Waals surface area (Å²) in [5, 5.41) is 12.9. The molecule has 0 radical (unpaired) electrons. The summed E-state index contributed by atoms with van der Waals surface area (Å²) in [5.74, 6) is 9.63. The van der Waals surface area contributed by atoms with E-state index in [0.717, 1.165) is 22.6 Å². The smallest absolute Gasteiger partial charge is 0.237 e. The molecule has 0 unspecified atom stereocenters. The van der Waals surface area contributed by atoms with Crippen LogP contribution in [0.3, 0.4) is 0 Å². The summed E-state index contributed by atoms with van der Waals surface area (Å²) < 4.78 is 17.1. The molecule has 0 saturated heterocycles. The van der Waals surface area contributed by atoms with Crippen molar-refractivity contribution in [2.24, 2.45) is 0 Å². The first-order valence-electron chi connectivity index (χ1n) is 8.62. The van der Waals surface area contributed by atoms with Gasteiger partial charge in [-0.3, -0.25) is 0 Å². The molecule has 4 aromatic rings. The summed E-state index contributed by atoms with van der Waals surface area (Å²) in [6.45, 7) is 0. The van der Waals surface area contributed by atoms with Crippen molar-refractivity contribution in [2.75, 3.05) is 20.1 Å². The number of ether oxygens (including phenoxy) is 2. The number of rotatable bonds is 7. The number of benzene rings is 2. The Labute approximate surface area is 170 Å². The van der Waals surface area contributed by atoms with E-state index in [2.05, 4.69) is 20.3 Å². The second kappa shape index (κ2) is 8.23. The number of nitrogens with two attached hydrogens (primary N) is 1.